The van der Waals surface area contributed by atoms with Gasteiger partial charge < -0.3 is 20.3 Å². The second-order valence-electron chi connectivity index (χ2n) is 17.3. The fourth-order valence-corrected chi connectivity index (χ4v) is 7.73. The molecule has 6 heteroatoms. The van der Waals surface area contributed by atoms with Gasteiger partial charge in [0.1, 0.15) is 6.10 Å². The number of ether oxygens (including phenoxy) is 1. The number of rotatable bonds is 45. The largest absolute Gasteiger partial charge is 0.462 e. The van der Waals surface area contributed by atoms with Crippen LogP contribution in [0.4, 0.5) is 0 Å². The van der Waals surface area contributed by atoms with Crippen LogP contribution in [0.1, 0.15) is 258 Å². The lowest BCUT2D eigenvalue weighted by Gasteiger charge is -2.24. The standard InChI is InChI=1S/C52H97NO5/c1-4-7-10-13-16-19-22-25-27-28-31-34-37-40-43-48(58-52(57)45-42-39-36-33-30-26-23-20-17-14-11-8-5-2)46-51(56)53-49(47-54)50(55)44-41-38-35-32-29-24-21-18-15-12-9-6-3/h8,11,14,17,20,23,48-50,54-55H,4-7,9-10,12-13,15-16,18-19,21-22,24-47H2,1-3H3,(H,53,56)/b11-8+,17-14+,23-20-. The summed E-state index contributed by atoms with van der Waals surface area (Å²) in [4.78, 5) is 26.1. The number of carbonyl (C=O) groups excluding carboxylic acids is 2. The quantitative estimate of drug-likeness (QED) is 0.0323. The molecular weight excluding hydrogens is 719 g/mol. The molecule has 0 aliphatic rings. The van der Waals surface area contributed by atoms with Crippen LogP contribution in [0.5, 0.6) is 0 Å². The Labute approximate surface area is 360 Å². The van der Waals surface area contributed by atoms with Crippen LogP contribution < -0.4 is 5.32 Å². The highest BCUT2D eigenvalue weighted by Gasteiger charge is 2.24. The van der Waals surface area contributed by atoms with Crippen molar-refractivity contribution in [2.24, 2.45) is 0 Å². The van der Waals surface area contributed by atoms with Gasteiger partial charge in [0, 0.05) is 6.42 Å². The summed E-state index contributed by atoms with van der Waals surface area (Å²) < 4.78 is 5.92. The molecule has 0 aliphatic heterocycles. The van der Waals surface area contributed by atoms with Crippen molar-refractivity contribution in [3.05, 3.63) is 36.5 Å². The highest BCUT2D eigenvalue weighted by molar-refractivity contribution is 5.77. The molecule has 340 valence electrons. The van der Waals surface area contributed by atoms with Gasteiger partial charge in [0.15, 0.2) is 0 Å². The zero-order valence-electron chi connectivity index (χ0n) is 38.7. The Morgan fingerprint density at radius 2 is 0.931 bits per heavy atom. The van der Waals surface area contributed by atoms with Crippen LogP contribution in [0.3, 0.4) is 0 Å². The maximum Gasteiger partial charge on any atom is 0.306 e. The van der Waals surface area contributed by atoms with Crippen molar-refractivity contribution in [2.45, 2.75) is 277 Å². The van der Waals surface area contributed by atoms with E-state index in [1.54, 1.807) is 0 Å². The highest BCUT2D eigenvalue weighted by atomic mass is 16.5. The molecule has 0 fully saturated rings. The number of allylic oxidation sites excluding steroid dienone is 6. The zero-order valence-corrected chi connectivity index (χ0v) is 38.7. The van der Waals surface area contributed by atoms with Crippen LogP contribution in [0, 0.1) is 0 Å². The van der Waals surface area contributed by atoms with Gasteiger partial charge in [-0.15, -0.1) is 0 Å². The van der Waals surface area contributed by atoms with Crippen LogP contribution in [0.2, 0.25) is 0 Å². The molecule has 0 heterocycles. The number of carbonyl (C=O) groups is 2. The Morgan fingerprint density at radius 1 is 0.517 bits per heavy atom. The molecular formula is C52H97NO5. The number of esters is 1. The molecule has 58 heavy (non-hydrogen) atoms. The second kappa shape index (κ2) is 46.2. The first-order chi connectivity index (χ1) is 28.5. The van der Waals surface area contributed by atoms with Gasteiger partial charge in [0.25, 0.3) is 0 Å². The van der Waals surface area contributed by atoms with E-state index in [-0.39, 0.29) is 24.9 Å². The first-order valence-corrected chi connectivity index (χ1v) is 25.2. The van der Waals surface area contributed by atoms with Gasteiger partial charge in [-0.3, -0.25) is 9.59 Å². The van der Waals surface area contributed by atoms with Crippen LogP contribution in [-0.4, -0.2) is 46.9 Å². The maximum absolute atomic E-state index is 13.2. The van der Waals surface area contributed by atoms with E-state index >= 15 is 0 Å². The van der Waals surface area contributed by atoms with Crippen molar-refractivity contribution in [1.29, 1.82) is 0 Å². The van der Waals surface area contributed by atoms with Gasteiger partial charge in [-0.2, -0.15) is 0 Å². The molecule has 0 saturated heterocycles. The number of amides is 1. The molecule has 0 bridgehead atoms. The number of unbranched alkanes of at least 4 members (excludes halogenated alkanes) is 29. The van der Waals surface area contributed by atoms with E-state index in [4.69, 9.17) is 4.74 Å². The number of aliphatic hydroxyl groups excluding tert-OH is 2. The third kappa shape index (κ3) is 40.8. The number of hydrogen-bond acceptors (Lipinski definition) is 5. The average Bonchev–Trinajstić information content (AvgIpc) is 3.22. The minimum absolute atomic E-state index is 0.0730. The van der Waals surface area contributed by atoms with E-state index in [9.17, 15) is 19.8 Å². The predicted octanol–water partition coefficient (Wildman–Crippen LogP) is 14.9. The summed E-state index contributed by atoms with van der Waals surface area (Å²) in [6, 6.07) is -0.701. The summed E-state index contributed by atoms with van der Waals surface area (Å²) in [7, 11) is 0. The van der Waals surface area contributed by atoms with E-state index in [1.165, 1.54) is 135 Å². The molecule has 3 N–H and O–H groups in total. The molecule has 0 rings (SSSR count). The Kier molecular flexibility index (Phi) is 44.6. The molecule has 6 nitrogen and oxygen atoms in total. The van der Waals surface area contributed by atoms with E-state index in [1.807, 2.05) is 0 Å². The molecule has 0 aromatic heterocycles. The van der Waals surface area contributed by atoms with Gasteiger partial charge in [0.2, 0.25) is 5.91 Å². The predicted molar refractivity (Wildman–Crippen MR) is 250 cm³/mol. The molecule has 0 saturated carbocycles. The number of nitrogens with one attached hydrogen (secondary N) is 1. The van der Waals surface area contributed by atoms with Crippen molar-refractivity contribution >= 4 is 11.9 Å². The fourth-order valence-electron chi connectivity index (χ4n) is 7.73. The van der Waals surface area contributed by atoms with Crippen LogP contribution in [0.15, 0.2) is 36.5 Å². The van der Waals surface area contributed by atoms with Gasteiger partial charge in [-0.1, -0.05) is 237 Å². The second-order valence-corrected chi connectivity index (χ2v) is 17.3. The molecule has 0 radical (unpaired) electrons. The third-order valence-electron chi connectivity index (χ3n) is 11.5. The lowest BCUT2D eigenvalue weighted by Crippen LogP contribution is -2.46. The van der Waals surface area contributed by atoms with E-state index in [0.29, 0.717) is 19.3 Å². The van der Waals surface area contributed by atoms with E-state index in [0.717, 1.165) is 77.0 Å². The molecule has 0 aromatic carbocycles. The Morgan fingerprint density at radius 3 is 1.40 bits per heavy atom. The Hall–Kier alpha value is -1.92. The zero-order chi connectivity index (χ0) is 42.4. The third-order valence-corrected chi connectivity index (χ3v) is 11.5. The Bertz CT molecular complexity index is 961. The fraction of sp³-hybridized carbons (Fsp3) is 0.846. The molecule has 3 unspecified atom stereocenters. The highest BCUT2D eigenvalue weighted by Crippen LogP contribution is 2.18. The van der Waals surface area contributed by atoms with Crippen LogP contribution in [-0.2, 0) is 14.3 Å². The lowest BCUT2D eigenvalue weighted by molar-refractivity contribution is -0.151. The SMILES string of the molecule is CC/C=C/C=C/C=C\CCCCCCCC(=O)OC(CCCCCCCCCCCCCCCC)CC(=O)NC(CO)C(O)CCCCCCCCCCCCCC. The minimum atomic E-state index is -0.787. The van der Waals surface area contributed by atoms with Gasteiger partial charge in [0.05, 0.1) is 25.2 Å². The first-order valence-electron chi connectivity index (χ1n) is 25.2. The first kappa shape index (κ1) is 56.1. The van der Waals surface area contributed by atoms with Gasteiger partial charge in [-0.05, 0) is 44.9 Å². The van der Waals surface area contributed by atoms with Crippen molar-refractivity contribution in [3.8, 4) is 0 Å². The summed E-state index contributed by atoms with van der Waals surface area (Å²) in [5, 5.41) is 23.7. The molecule has 1 amide bonds. The van der Waals surface area contributed by atoms with Crippen molar-refractivity contribution in [2.75, 3.05) is 6.61 Å². The maximum atomic E-state index is 13.2. The molecule has 3 atom stereocenters. The van der Waals surface area contributed by atoms with E-state index < -0.39 is 18.2 Å². The van der Waals surface area contributed by atoms with Gasteiger partial charge in [-0.25, -0.2) is 0 Å². The van der Waals surface area contributed by atoms with Crippen LogP contribution >= 0.6 is 0 Å². The van der Waals surface area contributed by atoms with Gasteiger partial charge >= 0.3 is 5.97 Å². The van der Waals surface area contributed by atoms with Crippen molar-refractivity contribution in [1.82, 2.24) is 5.32 Å². The van der Waals surface area contributed by atoms with Crippen LogP contribution in [0.25, 0.3) is 0 Å². The summed E-state index contributed by atoms with van der Waals surface area (Å²) in [5.74, 6) is -0.487. The summed E-state index contributed by atoms with van der Waals surface area (Å²) in [5.41, 5.74) is 0. The smallest absolute Gasteiger partial charge is 0.306 e. The lowest BCUT2D eigenvalue weighted by atomic mass is 10.0. The minimum Gasteiger partial charge on any atom is -0.462 e. The normalized spacial score (nSPS) is 13.5. The summed E-state index contributed by atoms with van der Waals surface area (Å²) >= 11 is 0. The summed E-state index contributed by atoms with van der Waals surface area (Å²) in [6.07, 6.45) is 53.4. The van der Waals surface area contributed by atoms with E-state index in [2.05, 4.69) is 62.5 Å². The summed E-state index contributed by atoms with van der Waals surface area (Å²) in [6.45, 7) is 6.36. The molecule has 0 spiro atoms. The Balaban J connectivity index is 4.59. The number of hydrogen-bond donors (Lipinski definition) is 3. The average molecular weight is 816 g/mol. The monoisotopic (exact) mass is 816 g/mol. The molecule has 0 aliphatic carbocycles. The topological polar surface area (TPSA) is 95.9 Å². The number of aliphatic hydroxyl groups is 2. The van der Waals surface area contributed by atoms with Crippen molar-refractivity contribution in [3.63, 3.8) is 0 Å². The van der Waals surface area contributed by atoms with Crippen molar-refractivity contribution < 1.29 is 24.5 Å². The molecule has 0 aromatic rings.